The molecule has 0 unspecified atom stereocenters. The Morgan fingerprint density at radius 2 is 0.800 bits per heavy atom. The second-order valence-electron chi connectivity index (χ2n) is 9.79. The molecule has 50 heavy (non-hydrogen) atoms. The maximum Gasteiger partial charge on any atom is 0.416 e. The number of nitriles is 2. The fourth-order valence-corrected chi connectivity index (χ4v) is 4.54. The van der Waals surface area contributed by atoms with E-state index >= 15 is 0 Å². The topological polar surface area (TPSA) is 74.8 Å². The Morgan fingerprint density at radius 3 is 1.02 bits per heavy atom. The van der Waals surface area contributed by atoms with E-state index in [1.807, 2.05) is 0 Å². The summed E-state index contributed by atoms with van der Waals surface area (Å²) < 4.78 is 175. The maximum atomic E-state index is 13.7. The van der Waals surface area contributed by atoms with Crippen LogP contribution in [0.5, 0.6) is 23.0 Å². The van der Waals surface area contributed by atoms with Crippen molar-refractivity contribution in [1.82, 2.24) is 0 Å². The highest BCUT2D eigenvalue weighted by atomic mass is 19.4. The molecule has 0 aliphatic heterocycles. The molecule has 0 amide bonds. The Morgan fingerprint density at radius 1 is 0.520 bits per heavy atom. The van der Waals surface area contributed by atoms with Crippen molar-refractivity contribution in [2.45, 2.75) is 24.7 Å². The molecule has 0 fully saturated rings. The van der Waals surface area contributed by atoms with Crippen LogP contribution in [-0.2, 0) is 24.7 Å². The summed E-state index contributed by atoms with van der Waals surface area (Å²) in [6.07, 6.45) is -21.7. The van der Waals surface area contributed by atoms with E-state index in [4.69, 9.17) is 22.6 Å². The Labute approximate surface area is 271 Å². The number of rotatable bonds is 4. The van der Waals surface area contributed by atoms with Gasteiger partial charge in [0.2, 0.25) is 0 Å². The number of fused-ring (bicyclic) bond motifs is 1. The highest BCUT2D eigenvalue weighted by Gasteiger charge is 2.39. The molecule has 0 spiro atoms. The van der Waals surface area contributed by atoms with Crippen LogP contribution in [0.15, 0.2) is 60.7 Å². The predicted octanol–water partition coefficient (Wildman–Crippen LogP) is 9.60. The van der Waals surface area contributed by atoms with E-state index in [-0.39, 0.29) is 47.2 Å². The van der Waals surface area contributed by atoms with Crippen molar-refractivity contribution in [2.24, 2.45) is 0 Å². The summed E-state index contributed by atoms with van der Waals surface area (Å²) in [4.78, 5) is 5.96. The molecular weight excluding hydrogens is 700 g/mol. The molecule has 4 aromatic rings. The quantitative estimate of drug-likeness (QED) is 0.156. The molecule has 0 radical (unpaired) electrons. The van der Waals surface area contributed by atoms with E-state index < -0.39 is 91.8 Å². The van der Waals surface area contributed by atoms with E-state index in [0.29, 0.717) is 0 Å². The number of benzene rings is 4. The van der Waals surface area contributed by atoms with Gasteiger partial charge in [0.05, 0.1) is 47.5 Å². The second-order valence-corrected chi connectivity index (χ2v) is 9.79. The molecule has 0 saturated heterocycles. The molecule has 0 N–H and O–H groups in total. The van der Waals surface area contributed by atoms with Crippen LogP contribution in [-0.4, -0.2) is 0 Å². The molecule has 6 nitrogen and oxygen atoms in total. The molecule has 254 valence electrons. The van der Waals surface area contributed by atoms with Gasteiger partial charge in [-0.25, -0.2) is 20.2 Å². The van der Waals surface area contributed by atoms with Gasteiger partial charge in [0.1, 0.15) is 11.5 Å². The maximum absolute atomic E-state index is 13.7. The minimum Gasteiger partial charge on any atom is -0.454 e. The molecule has 0 aliphatic rings. The fourth-order valence-electron chi connectivity index (χ4n) is 4.54. The van der Waals surface area contributed by atoms with E-state index in [0.717, 1.165) is 12.1 Å². The molecule has 0 bridgehead atoms. The van der Waals surface area contributed by atoms with Crippen LogP contribution in [0.2, 0.25) is 0 Å². The summed E-state index contributed by atoms with van der Waals surface area (Å²) in [7, 11) is 0. The highest BCUT2D eigenvalue weighted by molar-refractivity contribution is 5.94. The molecular formula is C32H10F12N4O2. The first-order valence-electron chi connectivity index (χ1n) is 13.0. The Balaban J connectivity index is 2.31. The minimum atomic E-state index is -5.44. The summed E-state index contributed by atoms with van der Waals surface area (Å²) >= 11 is 0. The molecule has 0 aliphatic carbocycles. The van der Waals surface area contributed by atoms with Crippen molar-refractivity contribution in [3.8, 4) is 35.1 Å². The van der Waals surface area contributed by atoms with Crippen molar-refractivity contribution < 1.29 is 62.2 Å². The number of hydrogen-bond donors (Lipinski definition) is 0. The van der Waals surface area contributed by atoms with Gasteiger partial charge in [0, 0.05) is 10.4 Å². The Hall–Kier alpha value is -6.40. The van der Waals surface area contributed by atoms with Gasteiger partial charge in [0.25, 0.3) is 11.4 Å². The lowest BCUT2D eigenvalue weighted by Crippen LogP contribution is -2.21. The lowest BCUT2D eigenvalue weighted by molar-refractivity contribution is -0.144. The third-order valence-corrected chi connectivity index (χ3v) is 6.60. The standard InChI is InChI=1S/C32H10F12N4O2/c1-47-23(13-45)25-21-5-3-4-6-22(21)26(24(14-46)48-2)28(50-20-11-17(31(39,40)41)8-18(12-20)32(42,43)44)27(25)49-19-9-15(29(33,34)35)7-16(10-19)30(36,37)38/h3-12H/b25-23+,26-24+. The van der Waals surface area contributed by atoms with Crippen molar-refractivity contribution in [3.05, 3.63) is 116 Å². The zero-order valence-electron chi connectivity index (χ0n) is 23.9. The third kappa shape index (κ3) is 7.35. The number of nitrogens with zero attached hydrogens (tertiary/aromatic N) is 4. The van der Waals surface area contributed by atoms with Gasteiger partial charge in [0.15, 0.2) is 11.5 Å². The average Bonchev–Trinajstić information content (AvgIpc) is 3.02. The van der Waals surface area contributed by atoms with Gasteiger partial charge in [-0.05, 0) is 47.2 Å². The van der Waals surface area contributed by atoms with Crippen LogP contribution in [0.3, 0.4) is 0 Å². The molecule has 4 aromatic carbocycles. The second kappa shape index (κ2) is 12.9. The van der Waals surface area contributed by atoms with Gasteiger partial charge >= 0.3 is 24.7 Å². The van der Waals surface area contributed by atoms with Crippen LogP contribution in [0.25, 0.3) is 31.9 Å². The first-order chi connectivity index (χ1) is 23.1. The summed E-state index contributed by atoms with van der Waals surface area (Å²) in [5.74, 6) is -5.05. The number of halogens is 12. The van der Waals surface area contributed by atoms with Crippen LogP contribution >= 0.6 is 0 Å². The molecule has 18 heteroatoms. The van der Waals surface area contributed by atoms with Crippen LogP contribution in [0.4, 0.5) is 52.7 Å². The summed E-state index contributed by atoms with van der Waals surface area (Å²) in [6.45, 7) is 15.0. The first kappa shape index (κ1) is 36.4. The summed E-state index contributed by atoms with van der Waals surface area (Å²) in [5, 5.41) is 17.4. The van der Waals surface area contributed by atoms with Crippen LogP contribution < -0.4 is 19.9 Å². The first-order valence-corrected chi connectivity index (χ1v) is 13.0. The van der Waals surface area contributed by atoms with Gasteiger partial charge < -0.3 is 9.47 Å². The van der Waals surface area contributed by atoms with Gasteiger partial charge in [-0.3, -0.25) is 0 Å². The van der Waals surface area contributed by atoms with E-state index in [1.54, 1.807) is 0 Å². The number of ether oxygens (including phenoxy) is 2. The molecule has 0 heterocycles. The molecule has 0 aromatic heterocycles. The minimum absolute atomic E-state index is 0.0391. The van der Waals surface area contributed by atoms with Crippen LogP contribution in [0.1, 0.15) is 22.3 Å². The lowest BCUT2D eigenvalue weighted by Gasteiger charge is -2.20. The normalized spacial score (nSPS) is 13.4. The SMILES string of the molecule is [C-]#[N+]/C(C#N)=c1/c(Oc2cc(C(F)(F)F)cc(C(F)(F)F)c2)c(Oc2cc(C(F)(F)F)cc(C(F)(F)F)c2)/c(=C(\C#N)[N+]#[C-])c2ccccc12. The Kier molecular flexibility index (Phi) is 9.40. The molecule has 0 atom stereocenters. The molecule has 4 rings (SSSR count). The van der Waals surface area contributed by atoms with E-state index in [2.05, 4.69) is 9.69 Å². The van der Waals surface area contributed by atoms with Gasteiger partial charge in [-0.2, -0.15) is 52.7 Å². The zero-order chi connectivity index (χ0) is 37.4. The number of hydrogen-bond acceptors (Lipinski definition) is 4. The number of alkyl halides is 12. The zero-order valence-corrected chi connectivity index (χ0v) is 23.9. The molecule has 0 saturated carbocycles. The van der Waals surface area contributed by atoms with Crippen molar-refractivity contribution in [1.29, 1.82) is 10.5 Å². The van der Waals surface area contributed by atoms with Crippen molar-refractivity contribution >= 4 is 22.2 Å². The Bertz CT molecular complexity index is 2070. The summed E-state index contributed by atoms with van der Waals surface area (Å²) in [5.41, 5.74) is -9.73. The lowest BCUT2D eigenvalue weighted by atomic mass is 10.0. The van der Waals surface area contributed by atoms with E-state index in [1.165, 1.54) is 24.3 Å². The fraction of sp³-hybridized carbons (Fsp3) is 0.125. The predicted molar refractivity (Wildman–Crippen MR) is 147 cm³/mol. The van der Waals surface area contributed by atoms with Crippen molar-refractivity contribution in [3.63, 3.8) is 0 Å². The van der Waals surface area contributed by atoms with Gasteiger partial charge in [-0.15, -0.1) is 0 Å². The highest BCUT2D eigenvalue weighted by Crippen LogP contribution is 2.43. The smallest absolute Gasteiger partial charge is 0.416 e. The van der Waals surface area contributed by atoms with Crippen molar-refractivity contribution in [2.75, 3.05) is 0 Å². The third-order valence-electron chi connectivity index (χ3n) is 6.60. The average molecular weight is 710 g/mol. The van der Waals surface area contributed by atoms with Crippen LogP contribution in [0, 0.1) is 35.8 Å². The monoisotopic (exact) mass is 710 g/mol. The largest absolute Gasteiger partial charge is 0.454 e. The van der Waals surface area contributed by atoms with Gasteiger partial charge in [-0.1, -0.05) is 24.3 Å². The summed E-state index contributed by atoms with van der Waals surface area (Å²) in [6, 6.07) is 7.15. The van der Waals surface area contributed by atoms with E-state index in [9.17, 15) is 63.2 Å².